The lowest BCUT2D eigenvalue weighted by Gasteiger charge is -2.38. The molecule has 3 rings (SSSR count). The third-order valence-electron chi connectivity index (χ3n) is 5.09. The maximum Gasteiger partial charge on any atom is 0.152 e. The lowest BCUT2D eigenvalue weighted by Crippen LogP contribution is -2.52. The van der Waals surface area contributed by atoms with E-state index in [1.807, 2.05) is 6.07 Å². The van der Waals surface area contributed by atoms with Gasteiger partial charge in [-0.15, -0.1) is 5.10 Å². The zero-order valence-electron chi connectivity index (χ0n) is 18.0. The largest absolute Gasteiger partial charge is 0.383 e. The number of carbonyl (C=O) groups excluding carboxylic acids is 1. The Morgan fingerprint density at radius 1 is 1.30 bits per heavy atom. The molecule has 164 valence electrons. The molecule has 1 saturated heterocycles. The lowest BCUT2D eigenvalue weighted by atomic mass is 10.0. The van der Waals surface area contributed by atoms with Gasteiger partial charge in [0, 0.05) is 18.2 Å². The van der Waals surface area contributed by atoms with Gasteiger partial charge < -0.3 is 15.7 Å². The fourth-order valence-electron chi connectivity index (χ4n) is 2.91. The SMILES string of the molecule is C[C@@H]1CCC(N(N)/N=C(\N)C(C)(C)O)CN1C.O=Cc1ccccc1-n1nccn1. The first kappa shape index (κ1) is 23.5. The van der Waals surface area contributed by atoms with Crippen molar-refractivity contribution in [1.29, 1.82) is 0 Å². The smallest absolute Gasteiger partial charge is 0.152 e. The van der Waals surface area contributed by atoms with Gasteiger partial charge in [0.15, 0.2) is 12.1 Å². The van der Waals surface area contributed by atoms with Crippen LogP contribution in [0.1, 0.15) is 44.0 Å². The number of rotatable bonds is 5. The summed E-state index contributed by atoms with van der Waals surface area (Å²) in [6.07, 6.45) is 6.01. The van der Waals surface area contributed by atoms with Gasteiger partial charge in [-0.3, -0.25) is 4.79 Å². The summed E-state index contributed by atoms with van der Waals surface area (Å²) in [6.45, 7) is 6.25. The Balaban J connectivity index is 0.000000220. The van der Waals surface area contributed by atoms with Gasteiger partial charge >= 0.3 is 0 Å². The maximum atomic E-state index is 10.7. The molecule has 2 atom stereocenters. The topological polar surface area (TPSA) is 139 Å². The summed E-state index contributed by atoms with van der Waals surface area (Å²) in [7, 11) is 2.08. The van der Waals surface area contributed by atoms with E-state index in [1.165, 1.54) is 9.91 Å². The van der Waals surface area contributed by atoms with Crippen LogP contribution in [0.5, 0.6) is 0 Å². The number of nitrogens with two attached hydrogens (primary N) is 2. The van der Waals surface area contributed by atoms with E-state index < -0.39 is 5.60 Å². The van der Waals surface area contributed by atoms with Crippen molar-refractivity contribution in [3.8, 4) is 5.69 Å². The predicted molar refractivity (Wildman–Crippen MR) is 116 cm³/mol. The molecule has 2 aromatic rings. The second-order valence-electron chi connectivity index (χ2n) is 7.94. The molecule has 5 N–H and O–H groups in total. The lowest BCUT2D eigenvalue weighted by molar-refractivity contribution is 0.0812. The standard InChI is InChI=1S/C11H25N5O.C9H7N3O/c1-8-5-6-9(7-15(8)4)16(13)14-10(12)11(2,3)17;13-7-8-3-1-2-4-9(8)12-10-5-6-11-12/h8-9,17H,5-7,13H2,1-4H3,(H2,12,14);1-7H/t8-,9?;/m1./s1. The summed E-state index contributed by atoms with van der Waals surface area (Å²) in [5.41, 5.74) is 5.83. The van der Waals surface area contributed by atoms with Crippen LogP contribution >= 0.6 is 0 Å². The van der Waals surface area contributed by atoms with Gasteiger partial charge in [0.25, 0.3) is 0 Å². The Labute approximate surface area is 177 Å². The molecule has 30 heavy (non-hydrogen) atoms. The number of benzene rings is 1. The number of nitrogens with zero attached hydrogens (tertiary/aromatic N) is 6. The number of piperidine rings is 1. The normalized spacial score (nSPS) is 20.3. The predicted octanol–water partition coefficient (Wildman–Crippen LogP) is 0.768. The van der Waals surface area contributed by atoms with Gasteiger partial charge in [-0.1, -0.05) is 12.1 Å². The third-order valence-corrected chi connectivity index (χ3v) is 5.09. The van der Waals surface area contributed by atoms with E-state index in [9.17, 15) is 9.90 Å². The molecule has 0 aliphatic carbocycles. The second kappa shape index (κ2) is 10.3. The Hall–Kier alpha value is -2.82. The molecule has 10 heteroatoms. The van der Waals surface area contributed by atoms with Crippen molar-refractivity contribution in [3.63, 3.8) is 0 Å². The van der Waals surface area contributed by atoms with Crippen molar-refractivity contribution in [2.24, 2.45) is 16.7 Å². The highest BCUT2D eigenvalue weighted by Crippen LogP contribution is 2.18. The molecule has 0 spiro atoms. The van der Waals surface area contributed by atoms with E-state index in [2.05, 4.69) is 34.2 Å². The van der Waals surface area contributed by atoms with Gasteiger partial charge in [0.1, 0.15) is 5.60 Å². The van der Waals surface area contributed by atoms with Crippen LogP contribution in [0.15, 0.2) is 41.8 Å². The molecule has 1 aliphatic rings. The highest BCUT2D eigenvalue weighted by atomic mass is 16.3. The molecule has 1 aromatic heterocycles. The summed E-state index contributed by atoms with van der Waals surface area (Å²) < 4.78 is 0. The molecule has 0 saturated carbocycles. The summed E-state index contributed by atoms with van der Waals surface area (Å²) in [5, 5.41) is 23.0. The first-order chi connectivity index (χ1) is 14.1. The van der Waals surface area contributed by atoms with Crippen LogP contribution in [0.2, 0.25) is 0 Å². The van der Waals surface area contributed by atoms with Crippen LogP contribution in [0.4, 0.5) is 0 Å². The number of hydrazine groups is 1. The summed E-state index contributed by atoms with van der Waals surface area (Å²) in [5.74, 6) is 6.02. The number of likely N-dealkylation sites (tertiary alicyclic amines) is 1. The van der Waals surface area contributed by atoms with E-state index in [-0.39, 0.29) is 11.9 Å². The number of carbonyl (C=O) groups is 1. The van der Waals surface area contributed by atoms with E-state index in [0.717, 1.165) is 25.7 Å². The zero-order chi connectivity index (χ0) is 22.3. The van der Waals surface area contributed by atoms with Crippen molar-refractivity contribution < 1.29 is 9.90 Å². The number of amidine groups is 1. The van der Waals surface area contributed by atoms with E-state index in [0.29, 0.717) is 17.3 Å². The molecule has 0 bridgehead atoms. The summed E-state index contributed by atoms with van der Waals surface area (Å²) in [4.78, 5) is 14.3. The van der Waals surface area contributed by atoms with Crippen LogP contribution in [-0.4, -0.2) is 73.5 Å². The van der Waals surface area contributed by atoms with Crippen molar-refractivity contribution in [1.82, 2.24) is 25.0 Å². The Morgan fingerprint density at radius 2 is 1.93 bits per heavy atom. The molecule has 1 unspecified atom stereocenters. The molecule has 0 radical (unpaired) electrons. The molecule has 1 aromatic carbocycles. The number of aliphatic hydroxyl groups is 1. The average Bonchev–Trinajstić information content (AvgIpc) is 3.24. The number of likely N-dealkylation sites (N-methyl/N-ethyl adjacent to an activating group) is 1. The van der Waals surface area contributed by atoms with Gasteiger partial charge in [0.2, 0.25) is 0 Å². The number of aldehydes is 1. The number of hydrazone groups is 1. The maximum absolute atomic E-state index is 10.7. The third kappa shape index (κ3) is 6.34. The average molecular weight is 417 g/mol. The summed E-state index contributed by atoms with van der Waals surface area (Å²) in [6, 6.07) is 7.89. The Morgan fingerprint density at radius 3 is 2.50 bits per heavy atom. The van der Waals surface area contributed by atoms with Crippen LogP contribution in [0.3, 0.4) is 0 Å². The first-order valence-corrected chi connectivity index (χ1v) is 9.85. The number of hydrogen-bond acceptors (Lipinski definition) is 8. The molecule has 1 aliphatic heterocycles. The minimum atomic E-state index is -1.13. The molecule has 0 amide bonds. The first-order valence-electron chi connectivity index (χ1n) is 9.85. The van der Waals surface area contributed by atoms with Crippen molar-refractivity contribution in [2.75, 3.05) is 13.6 Å². The van der Waals surface area contributed by atoms with E-state index in [1.54, 1.807) is 44.4 Å². The number of aromatic nitrogens is 3. The fourth-order valence-corrected chi connectivity index (χ4v) is 2.91. The molecule has 1 fully saturated rings. The summed E-state index contributed by atoms with van der Waals surface area (Å²) >= 11 is 0. The van der Waals surface area contributed by atoms with Gasteiger partial charge in [0.05, 0.1) is 24.1 Å². The van der Waals surface area contributed by atoms with E-state index >= 15 is 0 Å². The number of para-hydroxylation sites is 1. The second-order valence-corrected chi connectivity index (χ2v) is 7.94. The Bertz CT molecular complexity index is 832. The highest BCUT2D eigenvalue weighted by molar-refractivity contribution is 5.87. The van der Waals surface area contributed by atoms with Gasteiger partial charge in [-0.25, -0.2) is 11.0 Å². The number of hydrogen-bond donors (Lipinski definition) is 3. The van der Waals surface area contributed by atoms with Crippen molar-refractivity contribution >= 4 is 12.1 Å². The molecule has 2 heterocycles. The zero-order valence-corrected chi connectivity index (χ0v) is 18.0. The molecular weight excluding hydrogens is 384 g/mol. The monoisotopic (exact) mass is 416 g/mol. The van der Waals surface area contributed by atoms with E-state index in [4.69, 9.17) is 11.6 Å². The fraction of sp³-hybridized carbons (Fsp3) is 0.500. The van der Waals surface area contributed by atoms with Crippen molar-refractivity contribution in [3.05, 3.63) is 42.2 Å². The van der Waals surface area contributed by atoms with Gasteiger partial charge in [-0.2, -0.15) is 15.0 Å². The Kier molecular flexibility index (Phi) is 8.04. The van der Waals surface area contributed by atoms with Crippen molar-refractivity contribution in [2.45, 2.75) is 51.3 Å². The minimum Gasteiger partial charge on any atom is -0.383 e. The van der Waals surface area contributed by atoms with Crippen LogP contribution in [0.25, 0.3) is 5.69 Å². The molecule has 10 nitrogen and oxygen atoms in total. The minimum absolute atomic E-state index is 0.140. The van der Waals surface area contributed by atoms with Crippen LogP contribution in [-0.2, 0) is 0 Å². The van der Waals surface area contributed by atoms with Crippen LogP contribution < -0.4 is 11.6 Å². The van der Waals surface area contributed by atoms with Crippen LogP contribution in [0, 0.1) is 0 Å². The quantitative estimate of drug-likeness (QED) is 0.213. The highest BCUT2D eigenvalue weighted by Gasteiger charge is 2.27. The molecular formula is C20H32N8O2. The van der Waals surface area contributed by atoms with Gasteiger partial charge in [-0.05, 0) is 52.8 Å².